The molecular weight excluding hydrogens is 181 g/mol. The van der Waals surface area contributed by atoms with Crippen LogP contribution in [0.3, 0.4) is 0 Å². The molecule has 14 heavy (non-hydrogen) atoms. The van der Waals surface area contributed by atoms with Crippen molar-refractivity contribution in [2.45, 2.75) is 13.1 Å². The Morgan fingerprint density at radius 1 is 1.43 bits per heavy atom. The van der Waals surface area contributed by atoms with E-state index in [0.29, 0.717) is 5.56 Å². The molecule has 1 aromatic rings. The molecule has 0 radical (unpaired) electrons. The largest absolute Gasteiger partial charge is 0.307 e. The SMILES string of the molecule is CC(F)CNCC(=O)c1ccccc1. The Balaban J connectivity index is 2.36. The molecule has 3 heteroatoms. The maximum Gasteiger partial charge on any atom is 0.176 e. The summed E-state index contributed by atoms with van der Waals surface area (Å²) in [6, 6.07) is 8.98. The van der Waals surface area contributed by atoms with E-state index in [4.69, 9.17) is 0 Å². The van der Waals surface area contributed by atoms with Crippen LogP contribution < -0.4 is 5.32 Å². The van der Waals surface area contributed by atoms with E-state index in [-0.39, 0.29) is 18.9 Å². The average molecular weight is 195 g/mol. The molecule has 1 unspecified atom stereocenters. The number of hydrogen-bond donors (Lipinski definition) is 1. The number of carbonyl (C=O) groups is 1. The van der Waals surface area contributed by atoms with E-state index < -0.39 is 6.17 Å². The summed E-state index contributed by atoms with van der Waals surface area (Å²) >= 11 is 0. The molecule has 0 fully saturated rings. The highest BCUT2D eigenvalue weighted by atomic mass is 19.1. The molecule has 1 aromatic carbocycles. The summed E-state index contributed by atoms with van der Waals surface area (Å²) in [6.07, 6.45) is -0.918. The van der Waals surface area contributed by atoms with Gasteiger partial charge in [-0.3, -0.25) is 4.79 Å². The number of carbonyl (C=O) groups excluding carboxylic acids is 1. The van der Waals surface area contributed by atoms with Gasteiger partial charge in [0.25, 0.3) is 0 Å². The molecule has 0 aliphatic rings. The molecule has 76 valence electrons. The van der Waals surface area contributed by atoms with Crippen molar-refractivity contribution < 1.29 is 9.18 Å². The second-order valence-electron chi connectivity index (χ2n) is 3.20. The van der Waals surface area contributed by atoms with Crippen LogP contribution in [-0.4, -0.2) is 25.0 Å². The molecule has 0 saturated carbocycles. The summed E-state index contributed by atoms with van der Waals surface area (Å²) in [5.41, 5.74) is 0.659. The van der Waals surface area contributed by atoms with Gasteiger partial charge < -0.3 is 5.32 Å². The second kappa shape index (κ2) is 5.50. The summed E-state index contributed by atoms with van der Waals surface area (Å²) in [5.74, 6) is -0.00810. The van der Waals surface area contributed by atoms with Crippen LogP contribution in [0.15, 0.2) is 30.3 Å². The normalized spacial score (nSPS) is 12.4. The average Bonchev–Trinajstić information content (AvgIpc) is 2.18. The van der Waals surface area contributed by atoms with Crippen LogP contribution in [0.5, 0.6) is 0 Å². The summed E-state index contributed by atoms with van der Waals surface area (Å²) in [4.78, 5) is 11.4. The number of benzene rings is 1. The van der Waals surface area contributed by atoms with Gasteiger partial charge in [-0.25, -0.2) is 4.39 Å². The molecular formula is C11H14FNO. The first kappa shape index (κ1) is 10.9. The first-order valence-corrected chi connectivity index (χ1v) is 4.63. The lowest BCUT2D eigenvalue weighted by Crippen LogP contribution is -2.28. The number of rotatable bonds is 5. The molecule has 0 amide bonds. The predicted molar refractivity (Wildman–Crippen MR) is 54.2 cm³/mol. The highest BCUT2D eigenvalue weighted by molar-refractivity contribution is 5.97. The third-order valence-corrected chi connectivity index (χ3v) is 1.81. The van der Waals surface area contributed by atoms with Crippen molar-refractivity contribution in [2.24, 2.45) is 0 Å². The van der Waals surface area contributed by atoms with E-state index in [1.165, 1.54) is 6.92 Å². The molecule has 2 nitrogen and oxygen atoms in total. The standard InChI is InChI=1S/C11H14FNO/c1-9(12)7-13-8-11(14)10-5-3-2-4-6-10/h2-6,9,13H,7-8H2,1H3. The van der Waals surface area contributed by atoms with Gasteiger partial charge in [-0.05, 0) is 6.92 Å². The molecule has 1 atom stereocenters. The molecule has 0 aromatic heterocycles. The van der Waals surface area contributed by atoms with Crippen LogP contribution in [0.4, 0.5) is 4.39 Å². The van der Waals surface area contributed by atoms with Gasteiger partial charge in [-0.15, -0.1) is 0 Å². The first-order chi connectivity index (χ1) is 6.70. The predicted octanol–water partition coefficient (Wildman–Crippen LogP) is 1.82. The molecule has 0 bridgehead atoms. The maximum atomic E-state index is 12.4. The van der Waals surface area contributed by atoms with E-state index in [9.17, 15) is 9.18 Å². The van der Waals surface area contributed by atoms with Crippen LogP contribution in [-0.2, 0) is 0 Å². The fourth-order valence-corrected chi connectivity index (χ4v) is 1.11. The Morgan fingerprint density at radius 3 is 2.64 bits per heavy atom. The Bertz CT molecular complexity index is 285. The van der Waals surface area contributed by atoms with Crippen molar-refractivity contribution in [3.8, 4) is 0 Å². The van der Waals surface area contributed by atoms with Gasteiger partial charge in [0.2, 0.25) is 0 Å². The van der Waals surface area contributed by atoms with Gasteiger partial charge in [0.05, 0.1) is 6.54 Å². The van der Waals surface area contributed by atoms with Crippen molar-refractivity contribution >= 4 is 5.78 Å². The molecule has 0 saturated heterocycles. The fourth-order valence-electron chi connectivity index (χ4n) is 1.11. The van der Waals surface area contributed by atoms with Crippen LogP contribution in [0.2, 0.25) is 0 Å². The number of Topliss-reactive ketones (excluding diaryl/α,β-unsaturated/α-hetero) is 1. The highest BCUT2D eigenvalue weighted by Crippen LogP contribution is 1.98. The van der Waals surface area contributed by atoms with Gasteiger partial charge in [0, 0.05) is 12.1 Å². The molecule has 1 rings (SSSR count). The lowest BCUT2D eigenvalue weighted by molar-refractivity contribution is 0.0989. The minimum Gasteiger partial charge on any atom is -0.307 e. The summed E-state index contributed by atoms with van der Waals surface area (Å²) in [7, 11) is 0. The molecule has 0 aliphatic heterocycles. The Hall–Kier alpha value is -1.22. The molecule has 0 aliphatic carbocycles. The highest BCUT2D eigenvalue weighted by Gasteiger charge is 2.04. The topological polar surface area (TPSA) is 29.1 Å². The van der Waals surface area contributed by atoms with Crippen molar-refractivity contribution in [1.29, 1.82) is 0 Å². The fraction of sp³-hybridized carbons (Fsp3) is 0.364. The number of ketones is 1. The third-order valence-electron chi connectivity index (χ3n) is 1.81. The van der Waals surface area contributed by atoms with Gasteiger partial charge in [-0.1, -0.05) is 30.3 Å². The number of nitrogens with one attached hydrogen (secondary N) is 1. The van der Waals surface area contributed by atoms with Crippen LogP contribution in [0, 0.1) is 0 Å². The number of alkyl halides is 1. The summed E-state index contributed by atoms with van der Waals surface area (Å²) < 4.78 is 12.4. The molecule has 0 spiro atoms. The zero-order valence-corrected chi connectivity index (χ0v) is 8.16. The van der Waals surface area contributed by atoms with Crippen LogP contribution >= 0.6 is 0 Å². The molecule has 0 heterocycles. The van der Waals surface area contributed by atoms with Crippen molar-refractivity contribution in [2.75, 3.05) is 13.1 Å². The minimum absolute atomic E-state index is 0.00810. The number of halogens is 1. The van der Waals surface area contributed by atoms with E-state index >= 15 is 0 Å². The Labute approximate surface area is 83.1 Å². The van der Waals surface area contributed by atoms with Crippen molar-refractivity contribution in [3.05, 3.63) is 35.9 Å². The monoisotopic (exact) mass is 195 g/mol. The van der Waals surface area contributed by atoms with E-state index in [1.54, 1.807) is 12.1 Å². The van der Waals surface area contributed by atoms with Gasteiger partial charge in [0.15, 0.2) is 5.78 Å². The summed E-state index contributed by atoms with van der Waals surface area (Å²) in [6.45, 7) is 1.87. The lowest BCUT2D eigenvalue weighted by Gasteiger charge is -2.04. The maximum absolute atomic E-state index is 12.4. The van der Waals surface area contributed by atoms with Crippen molar-refractivity contribution in [3.63, 3.8) is 0 Å². The quantitative estimate of drug-likeness (QED) is 0.726. The minimum atomic E-state index is -0.918. The summed E-state index contributed by atoms with van der Waals surface area (Å²) in [5, 5.41) is 2.76. The number of hydrogen-bond acceptors (Lipinski definition) is 2. The third kappa shape index (κ3) is 3.66. The van der Waals surface area contributed by atoms with Gasteiger partial charge >= 0.3 is 0 Å². The van der Waals surface area contributed by atoms with Gasteiger partial charge in [0.1, 0.15) is 6.17 Å². The van der Waals surface area contributed by atoms with E-state index in [1.807, 2.05) is 18.2 Å². The zero-order valence-electron chi connectivity index (χ0n) is 8.16. The smallest absolute Gasteiger partial charge is 0.176 e. The molecule has 1 N–H and O–H groups in total. The second-order valence-corrected chi connectivity index (χ2v) is 3.20. The van der Waals surface area contributed by atoms with Crippen LogP contribution in [0.1, 0.15) is 17.3 Å². The first-order valence-electron chi connectivity index (χ1n) is 4.63. The Kier molecular flexibility index (Phi) is 4.26. The lowest BCUT2D eigenvalue weighted by atomic mass is 10.1. The van der Waals surface area contributed by atoms with Crippen LogP contribution in [0.25, 0.3) is 0 Å². The Morgan fingerprint density at radius 2 is 2.07 bits per heavy atom. The van der Waals surface area contributed by atoms with E-state index in [0.717, 1.165) is 0 Å². The van der Waals surface area contributed by atoms with E-state index in [2.05, 4.69) is 5.32 Å². The van der Waals surface area contributed by atoms with Gasteiger partial charge in [-0.2, -0.15) is 0 Å². The van der Waals surface area contributed by atoms with Crippen molar-refractivity contribution in [1.82, 2.24) is 5.32 Å². The zero-order chi connectivity index (χ0) is 10.4.